The summed E-state index contributed by atoms with van der Waals surface area (Å²) in [6, 6.07) is 8.07. The number of nitrogens with one attached hydrogen (secondary N) is 1. The quantitative estimate of drug-likeness (QED) is 0.737. The normalized spacial score (nSPS) is 18.5. The van der Waals surface area contributed by atoms with Gasteiger partial charge in [0.2, 0.25) is 0 Å². The molecule has 1 aliphatic rings. The van der Waals surface area contributed by atoms with Crippen molar-refractivity contribution in [3.63, 3.8) is 0 Å². The van der Waals surface area contributed by atoms with E-state index in [9.17, 15) is 0 Å². The summed E-state index contributed by atoms with van der Waals surface area (Å²) in [5.74, 6) is 0.811. The molecule has 0 aromatic carbocycles. The van der Waals surface area contributed by atoms with E-state index >= 15 is 0 Å². The molecule has 1 aromatic heterocycles. The van der Waals surface area contributed by atoms with Crippen LogP contribution in [0.25, 0.3) is 0 Å². The second-order valence-corrected chi connectivity index (χ2v) is 3.09. The van der Waals surface area contributed by atoms with Crippen LogP contribution in [0, 0.1) is 12.1 Å². The standard InChI is InChI=1S/C10H12N2O/c1-2-6-11-10(3-1)12-9-4-7-13-8-5-9/h1,6,9H,4-5,7-8H2,(H,11,12). The van der Waals surface area contributed by atoms with Crippen LogP contribution in [0.2, 0.25) is 0 Å². The summed E-state index contributed by atoms with van der Waals surface area (Å²) in [5.41, 5.74) is 0. The minimum absolute atomic E-state index is 0.486. The van der Waals surface area contributed by atoms with Crippen molar-refractivity contribution in [3.05, 3.63) is 24.4 Å². The van der Waals surface area contributed by atoms with Crippen LogP contribution in [0.1, 0.15) is 12.8 Å². The highest BCUT2D eigenvalue weighted by atomic mass is 16.5. The van der Waals surface area contributed by atoms with Crippen LogP contribution in [0.3, 0.4) is 0 Å². The number of ether oxygens (including phenoxy) is 1. The van der Waals surface area contributed by atoms with Crippen molar-refractivity contribution in [1.82, 2.24) is 4.98 Å². The van der Waals surface area contributed by atoms with Gasteiger partial charge in [0.25, 0.3) is 0 Å². The lowest BCUT2D eigenvalue weighted by atomic mass is 10.1. The minimum atomic E-state index is 0.486. The first-order valence-electron chi connectivity index (χ1n) is 4.53. The zero-order valence-corrected chi connectivity index (χ0v) is 7.42. The van der Waals surface area contributed by atoms with E-state index in [1.165, 1.54) is 0 Å². The van der Waals surface area contributed by atoms with Gasteiger partial charge >= 0.3 is 0 Å². The van der Waals surface area contributed by atoms with E-state index < -0.39 is 0 Å². The second-order valence-electron chi connectivity index (χ2n) is 3.09. The van der Waals surface area contributed by atoms with E-state index in [2.05, 4.69) is 22.4 Å². The molecule has 3 heteroatoms. The molecule has 3 nitrogen and oxygen atoms in total. The van der Waals surface area contributed by atoms with Gasteiger partial charge in [-0.15, -0.1) is 0 Å². The smallest absolute Gasteiger partial charge is 0.134 e. The molecule has 0 saturated carbocycles. The lowest BCUT2D eigenvalue weighted by Gasteiger charge is -2.23. The zero-order valence-electron chi connectivity index (χ0n) is 7.42. The lowest BCUT2D eigenvalue weighted by molar-refractivity contribution is 0.0904. The number of rotatable bonds is 2. The Morgan fingerprint density at radius 2 is 2.31 bits per heavy atom. The fraction of sp³-hybridized carbons (Fsp3) is 0.500. The molecular weight excluding hydrogens is 164 g/mol. The Balaban J connectivity index is 1.90. The summed E-state index contributed by atoms with van der Waals surface area (Å²) >= 11 is 0. The summed E-state index contributed by atoms with van der Waals surface area (Å²) in [6.45, 7) is 1.69. The van der Waals surface area contributed by atoms with Gasteiger partial charge in [0.05, 0.1) is 0 Å². The molecule has 0 aliphatic carbocycles. The maximum Gasteiger partial charge on any atom is 0.134 e. The van der Waals surface area contributed by atoms with Crippen molar-refractivity contribution in [2.45, 2.75) is 18.9 Å². The molecule has 1 fully saturated rings. The van der Waals surface area contributed by atoms with Gasteiger partial charge in [-0.3, -0.25) is 0 Å². The maximum absolute atomic E-state index is 5.26. The van der Waals surface area contributed by atoms with Gasteiger partial charge in [-0.2, -0.15) is 0 Å². The van der Waals surface area contributed by atoms with Crippen molar-refractivity contribution in [1.29, 1.82) is 0 Å². The predicted octanol–water partition coefficient (Wildman–Crippen LogP) is 1.27. The predicted molar refractivity (Wildman–Crippen MR) is 49.4 cm³/mol. The largest absolute Gasteiger partial charge is 0.381 e. The average Bonchev–Trinajstić information content (AvgIpc) is 2.21. The third kappa shape index (κ3) is 2.42. The highest BCUT2D eigenvalue weighted by molar-refractivity contribution is 5.32. The Bertz CT molecular complexity index is 244. The van der Waals surface area contributed by atoms with Crippen molar-refractivity contribution in [3.8, 4) is 0 Å². The molecule has 0 amide bonds. The molecule has 13 heavy (non-hydrogen) atoms. The fourth-order valence-corrected chi connectivity index (χ4v) is 1.40. The Morgan fingerprint density at radius 1 is 1.46 bits per heavy atom. The number of aromatic nitrogens is 1. The molecule has 1 aliphatic heterocycles. The van der Waals surface area contributed by atoms with Gasteiger partial charge in [-0.25, -0.2) is 4.98 Å². The van der Waals surface area contributed by atoms with E-state index in [-0.39, 0.29) is 0 Å². The molecule has 2 rings (SSSR count). The van der Waals surface area contributed by atoms with Crippen molar-refractivity contribution in [2.24, 2.45) is 0 Å². The number of pyridine rings is 1. The Hall–Kier alpha value is -1.09. The number of anilines is 1. The van der Waals surface area contributed by atoms with Gasteiger partial charge in [0.15, 0.2) is 0 Å². The zero-order chi connectivity index (χ0) is 8.93. The van der Waals surface area contributed by atoms with Crippen molar-refractivity contribution < 1.29 is 4.74 Å². The first-order valence-corrected chi connectivity index (χ1v) is 4.53. The summed E-state index contributed by atoms with van der Waals surface area (Å²) in [5, 5.41) is 3.31. The molecule has 0 bridgehead atoms. The van der Waals surface area contributed by atoms with Crippen LogP contribution in [0.4, 0.5) is 5.82 Å². The number of hydrogen-bond donors (Lipinski definition) is 1. The van der Waals surface area contributed by atoms with Crippen LogP contribution in [0.15, 0.2) is 12.3 Å². The van der Waals surface area contributed by atoms with E-state index in [0.29, 0.717) is 6.04 Å². The van der Waals surface area contributed by atoms with Crippen LogP contribution >= 0.6 is 0 Å². The second kappa shape index (κ2) is 4.23. The molecule has 1 saturated heterocycles. The van der Waals surface area contributed by atoms with Crippen molar-refractivity contribution in [2.75, 3.05) is 18.5 Å². The average molecular weight is 176 g/mol. The topological polar surface area (TPSA) is 34.1 Å². The van der Waals surface area contributed by atoms with Gasteiger partial charge < -0.3 is 10.1 Å². The van der Waals surface area contributed by atoms with Crippen LogP contribution in [-0.2, 0) is 4.74 Å². The highest BCUT2D eigenvalue weighted by Crippen LogP contribution is 2.11. The summed E-state index contributed by atoms with van der Waals surface area (Å²) in [4.78, 5) is 4.11. The minimum Gasteiger partial charge on any atom is -0.381 e. The monoisotopic (exact) mass is 176 g/mol. The van der Waals surface area contributed by atoms with Crippen LogP contribution < -0.4 is 5.32 Å². The third-order valence-electron chi connectivity index (χ3n) is 2.12. The Morgan fingerprint density at radius 3 is 3.00 bits per heavy atom. The SMILES string of the molecule is [c]1c[c]c(NC2CCOCC2)nc1. The molecule has 68 valence electrons. The van der Waals surface area contributed by atoms with Gasteiger partial charge in [0, 0.05) is 37.6 Å². The highest BCUT2D eigenvalue weighted by Gasteiger charge is 2.13. The van der Waals surface area contributed by atoms with Gasteiger partial charge in [-0.05, 0) is 18.9 Å². The number of hydrogen-bond acceptors (Lipinski definition) is 3. The first kappa shape index (κ1) is 8.51. The van der Waals surface area contributed by atoms with E-state index in [4.69, 9.17) is 4.74 Å². The number of nitrogens with zero attached hydrogens (tertiary/aromatic N) is 1. The summed E-state index contributed by atoms with van der Waals surface area (Å²) in [6.07, 6.45) is 3.75. The fourth-order valence-electron chi connectivity index (χ4n) is 1.40. The van der Waals surface area contributed by atoms with E-state index in [1.807, 2.05) is 0 Å². The van der Waals surface area contributed by atoms with Gasteiger partial charge in [-0.1, -0.05) is 0 Å². The molecular formula is C10H12N2O. The van der Waals surface area contributed by atoms with Crippen LogP contribution in [0.5, 0.6) is 0 Å². The molecule has 0 spiro atoms. The molecule has 1 aromatic rings. The molecule has 2 radical (unpaired) electrons. The lowest BCUT2D eigenvalue weighted by Crippen LogP contribution is -2.28. The summed E-state index contributed by atoms with van der Waals surface area (Å²) < 4.78 is 5.26. The Labute approximate surface area is 78.1 Å². The third-order valence-corrected chi connectivity index (χ3v) is 2.12. The molecule has 1 N–H and O–H groups in total. The first-order chi connectivity index (χ1) is 6.45. The Kier molecular flexibility index (Phi) is 2.77. The summed E-state index contributed by atoms with van der Waals surface area (Å²) in [7, 11) is 0. The van der Waals surface area contributed by atoms with Gasteiger partial charge in [0.1, 0.15) is 5.82 Å². The molecule has 0 atom stereocenters. The maximum atomic E-state index is 5.26. The molecule has 0 unspecified atom stereocenters. The van der Waals surface area contributed by atoms with E-state index in [1.54, 1.807) is 12.3 Å². The van der Waals surface area contributed by atoms with Crippen LogP contribution in [-0.4, -0.2) is 24.2 Å². The van der Waals surface area contributed by atoms with E-state index in [0.717, 1.165) is 31.9 Å². The van der Waals surface area contributed by atoms with Crippen molar-refractivity contribution >= 4 is 5.82 Å². The molecule has 2 heterocycles.